The number of rotatable bonds is 8. The molecule has 4 aromatic rings. The first kappa shape index (κ1) is 24.5. The largest absolute Gasteiger partial charge is 0.497 e. The first-order valence-corrected chi connectivity index (χ1v) is 12.3. The number of thioether (sulfide) groups is 1. The third-order valence-corrected chi connectivity index (χ3v) is 6.71. The van der Waals surface area contributed by atoms with Crippen LogP contribution in [0.2, 0.25) is 0 Å². The van der Waals surface area contributed by atoms with Crippen LogP contribution < -0.4 is 10.3 Å². The van der Waals surface area contributed by atoms with Crippen LogP contribution in [0.4, 0.5) is 4.39 Å². The molecule has 1 aromatic heterocycles. The van der Waals surface area contributed by atoms with Crippen molar-refractivity contribution in [3.63, 3.8) is 0 Å². The Labute approximate surface area is 207 Å². The Balaban J connectivity index is 1.83. The smallest absolute Gasteiger partial charge is 0.266 e. The lowest BCUT2D eigenvalue weighted by molar-refractivity contribution is 0.0773. The Morgan fingerprint density at radius 2 is 1.83 bits per heavy atom. The van der Waals surface area contributed by atoms with E-state index in [0.29, 0.717) is 46.2 Å². The molecular weight excluding hydrogens is 465 g/mol. The third-order valence-electron chi connectivity index (χ3n) is 5.70. The first-order valence-electron chi connectivity index (χ1n) is 11.3. The maximum atomic E-state index is 14.1. The van der Waals surface area contributed by atoms with Crippen LogP contribution in [-0.4, -0.2) is 40.6 Å². The SMILES string of the molecule is CCN(CC)C(=O)c1ccc2c(=O)n(-c3cccc(F)c3)c(SCc3cccc(OC)c3)nc2c1. The molecule has 0 fully saturated rings. The van der Waals surface area contributed by atoms with Gasteiger partial charge in [0.1, 0.15) is 11.6 Å². The van der Waals surface area contributed by atoms with E-state index in [-0.39, 0.29) is 11.5 Å². The Morgan fingerprint density at radius 1 is 1.06 bits per heavy atom. The van der Waals surface area contributed by atoms with Gasteiger partial charge in [-0.15, -0.1) is 0 Å². The third kappa shape index (κ3) is 5.22. The average molecular weight is 492 g/mol. The van der Waals surface area contributed by atoms with Crippen molar-refractivity contribution in [2.45, 2.75) is 24.8 Å². The quantitative estimate of drug-likeness (QED) is 0.247. The molecule has 0 aliphatic rings. The number of aromatic nitrogens is 2. The number of amides is 1. The molecule has 0 unspecified atom stereocenters. The first-order chi connectivity index (χ1) is 16.9. The summed E-state index contributed by atoms with van der Waals surface area (Å²) in [7, 11) is 1.61. The van der Waals surface area contributed by atoms with Crippen LogP contribution in [0.25, 0.3) is 16.6 Å². The predicted molar refractivity (Wildman–Crippen MR) is 137 cm³/mol. The molecule has 1 amide bonds. The van der Waals surface area contributed by atoms with Gasteiger partial charge in [0.2, 0.25) is 0 Å². The van der Waals surface area contributed by atoms with Crippen LogP contribution >= 0.6 is 11.8 Å². The van der Waals surface area contributed by atoms with E-state index < -0.39 is 5.82 Å². The van der Waals surface area contributed by atoms with Gasteiger partial charge in [-0.1, -0.05) is 30.0 Å². The molecule has 6 nitrogen and oxygen atoms in total. The number of benzene rings is 3. The maximum absolute atomic E-state index is 14.1. The molecule has 0 atom stereocenters. The van der Waals surface area contributed by atoms with Crippen molar-refractivity contribution < 1.29 is 13.9 Å². The van der Waals surface area contributed by atoms with Crippen molar-refractivity contribution in [1.82, 2.24) is 14.5 Å². The minimum atomic E-state index is -0.446. The van der Waals surface area contributed by atoms with E-state index in [1.54, 1.807) is 42.3 Å². The average Bonchev–Trinajstić information content (AvgIpc) is 2.88. The highest BCUT2D eigenvalue weighted by atomic mass is 32.2. The fourth-order valence-corrected chi connectivity index (χ4v) is 4.80. The minimum Gasteiger partial charge on any atom is -0.497 e. The monoisotopic (exact) mass is 491 g/mol. The molecule has 1 heterocycles. The highest BCUT2D eigenvalue weighted by Crippen LogP contribution is 2.27. The molecule has 0 bridgehead atoms. The summed E-state index contributed by atoms with van der Waals surface area (Å²) in [5.74, 6) is 0.691. The van der Waals surface area contributed by atoms with Crippen molar-refractivity contribution in [3.8, 4) is 11.4 Å². The van der Waals surface area contributed by atoms with Gasteiger partial charge in [0.25, 0.3) is 11.5 Å². The van der Waals surface area contributed by atoms with E-state index in [1.807, 2.05) is 38.1 Å². The summed E-state index contributed by atoms with van der Waals surface area (Å²) in [4.78, 5) is 32.9. The van der Waals surface area contributed by atoms with Gasteiger partial charge < -0.3 is 9.64 Å². The van der Waals surface area contributed by atoms with Gasteiger partial charge in [0.05, 0.1) is 23.7 Å². The molecule has 0 N–H and O–H groups in total. The number of fused-ring (bicyclic) bond motifs is 1. The van der Waals surface area contributed by atoms with Crippen LogP contribution in [0.1, 0.15) is 29.8 Å². The van der Waals surface area contributed by atoms with Crippen LogP contribution in [-0.2, 0) is 5.75 Å². The maximum Gasteiger partial charge on any atom is 0.266 e. The van der Waals surface area contributed by atoms with Gasteiger partial charge in [-0.05, 0) is 67.9 Å². The number of hydrogen-bond acceptors (Lipinski definition) is 5. The van der Waals surface area contributed by atoms with E-state index >= 15 is 0 Å². The number of carbonyl (C=O) groups excluding carboxylic acids is 1. The normalized spacial score (nSPS) is 11.0. The second-order valence-corrected chi connectivity index (χ2v) is 8.81. The zero-order valence-electron chi connectivity index (χ0n) is 19.8. The van der Waals surface area contributed by atoms with Gasteiger partial charge >= 0.3 is 0 Å². The number of hydrogen-bond donors (Lipinski definition) is 0. The lowest BCUT2D eigenvalue weighted by atomic mass is 10.1. The molecule has 35 heavy (non-hydrogen) atoms. The van der Waals surface area contributed by atoms with E-state index in [0.717, 1.165) is 11.3 Å². The molecule has 4 rings (SSSR count). The molecular formula is C27H26FN3O3S. The molecule has 0 saturated carbocycles. The molecule has 0 spiro atoms. The summed E-state index contributed by atoms with van der Waals surface area (Å²) in [6.45, 7) is 5.02. The van der Waals surface area contributed by atoms with Crippen molar-refractivity contribution in [2.75, 3.05) is 20.2 Å². The molecule has 0 radical (unpaired) electrons. The summed E-state index contributed by atoms with van der Waals surface area (Å²) in [5.41, 5.74) is 1.95. The Bertz CT molecular complexity index is 1430. The Morgan fingerprint density at radius 3 is 2.54 bits per heavy atom. The molecule has 0 saturated heterocycles. The van der Waals surface area contributed by atoms with Gasteiger partial charge in [0, 0.05) is 24.4 Å². The molecule has 0 aliphatic heterocycles. The van der Waals surface area contributed by atoms with Crippen molar-refractivity contribution in [1.29, 1.82) is 0 Å². The molecule has 180 valence electrons. The van der Waals surface area contributed by atoms with Gasteiger partial charge in [-0.3, -0.25) is 14.2 Å². The predicted octanol–water partition coefficient (Wildman–Crippen LogP) is 5.31. The number of nitrogens with zero attached hydrogens (tertiary/aromatic N) is 3. The Hall–Kier alpha value is -3.65. The number of methoxy groups -OCH3 is 1. The van der Waals surface area contributed by atoms with Crippen LogP contribution in [0, 0.1) is 5.82 Å². The van der Waals surface area contributed by atoms with Gasteiger partial charge in [-0.2, -0.15) is 0 Å². The topological polar surface area (TPSA) is 64.4 Å². The Kier molecular flexibility index (Phi) is 7.51. The fourth-order valence-electron chi connectivity index (χ4n) is 3.84. The standard InChI is InChI=1S/C27H26FN3O3S/c1-4-30(5-2)25(32)19-12-13-23-24(15-19)29-27(35-17-18-8-6-11-22(14-18)34-3)31(26(23)33)21-10-7-9-20(28)16-21/h6-16H,4-5,17H2,1-3H3. The van der Waals surface area contributed by atoms with Crippen LogP contribution in [0.15, 0.2) is 76.7 Å². The van der Waals surface area contributed by atoms with Crippen molar-refractivity contribution >= 4 is 28.6 Å². The van der Waals surface area contributed by atoms with Gasteiger partial charge in [-0.25, -0.2) is 9.37 Å². The summed E-state index contributed by atoms with van der Waals surface area (Å²) in [5, 5.41) is 0.763. The summed E-state index contributed by atoms with van der Waals surface area (Å²) >= 11 is 1.36. The van der Waals surface area contributed by atoms with Gasteiger partial charge in [0.15, 0.2) is 5.16 Å². The molecule has 3 aromatic carbocycles. The van der Waals surface area contributed by atoms with E-state index in [9.17, 15) is 14.0 Å². The van der Waals surface area contributed by atoms with E-state index in [1.165, 1.54) is 28.5 Å². The zero-order valence-corrected chi connectivity index (χ0v) is 20.6. The lowest BCUT2D eigenvalue weighted by Gasteiger charge is -2.19. The minimum absolute atomic E-state index is 0.112. The summed E-state index contributed by atoms with van der Waals surface area (Å²) in [6, 6.07) is 18.4. The lowest BCUT2D eigenvalue weighted by Crippen LogP contribution is -2.30. The molecule has 0 aliphatic carbocycles. The van der Waals surface area contributed by atoms with E-state index in [4.69, 9.17) is 9.72 Å². The second-order valence-electron chi connectivity index (χ2n) is 7.86. The summed E-state index contributed by atoms with van der Waals surface area (Å²) < 4.78 is 20.8. The zero-order chi connectivity index (χ0) is 24.9. The number of ether oxygens (including phenoxy) is 1. The van der Waals surface area contributed by atoms with Crippen molar-refractivity contribution in [2.24, 2.45) is 0 Å². The number of carbonyl (C=O) groups is 1. The summed E-state index contributed by atoms with van der Waals surface area (Å²) in [6.07, 6.45) is 0. The van der Waals surface area contributed by atoms with E-state index in [2.05, 4.69) is 0 Å². The molecule has 8 heteroatoms. The van der Waals surface area contributed by atoms with Crippen LogP contribution in [0.5, 0.6) is 5.75 Å². The highest BCUT2D eigenvalue weighted by molar-refractivity contribution is 7.98. The van der Waals surface area contributed by atoms with Crippen LogP contribution in [0.3, 0.4) is 0 Å². The second kappa shape index (κ2) is 10.7. The highest BCUT2D eigenvalue weighted by Gasteiger charge is 2.18. The van der Waals surface area contributed by atoms with Crippen molar-refractivity contribution in [3.05, 3.63) is 94.0 Å². The fraction of sp³-hybridized carbons (Fsp3) is 0.222. The number of halogens is 1.